The average molecular weight is 350 g/mol. The van der Waals surface area contributed by atoms with Crippen molar-refractivity contribution in [3.63, 3.8) is 0 Å². The topological polar surface area (TPSA) is 55.4 Å². The molecule has 1 aromatic rings. The van der Waals surface area contributed by atoms with E-state index < -0.39 is 9.84 Å². The lowest BCUT2D eigenvalue weighted by molar-refractivity contribution is 0.509. The molecule has 0 saturated carbocycles. The molecule has 0 aromatic heterocycles. The second-order valence-corrected chi connectivity index (χ2v) is 7.61. The van der Waals surface area contributed by atoms with E-state index in [1.807, 2.05) is 12.1 Å². The van der Waals surface area contributed by atoms with Crippen molar-refractivity contribution in [1.82, 2.24) is 5.32 Å². The minimum absolute atomic E-state index is 0.120. The van der Waals surface area contributed by atoms with Crippen LogP contribution in [0.15, 0.2) is 28.7 Å². The van der Waals surface area contributed by atoms with Gasteiger partial charge in [0.2, 0.25) is 0 Å². The number of sulfone groups is 1. The summed E-state index contributed by atoms with van der Waals surface area (Å²) in [6.45, 7) is 0. The molecule has 0 amide bonds. The van der Waals surface area contributed by atoms with Crippen molar-refractivity contribution in [2.45, 2.75) is 12.5 Å². The summed E-state index contributed by atoms with van der Waals surface area (Å²) in [4.78, 5) is 0. The molecule has 7 heteroatoms. The number of hydrogen-bond donors (Lipinski definition) is 1. The monoisotopic (exact) mass is 349 g/mol. The number of nitrogens with one attached hydrogen (secondary N) is 1. The average Bonchev–Trinajstić information content (AvgIpc) is 2.57. The van der Waals surface area contributed by atoms with Gasteiger partial charge in [-0.05, 0) is 36.8 Å². The summed E-state index contributed by atoms with van der Waals surface area (Å²) < 4.78 is 28.9. The van der Waals surface area contributed by atoms with Crippen molar-refractivity contribution in [2.24, 2.45) is 0 Å². The Kier molecular flexibility index (Phi) is 4.24. The van der Waals surface area contributed by atoms with Crippen LogP contribution in [0, 0.1) is 0 Å². The molecule has 18 heavy (non-hydrogen) atoms. The lowest BCUT2D eigenvalue weighted by Gasteiger charge is -2.13. The highest BCUT2D eigenvalue weighted by Crippen LogP contribution is 2.18. The third kappa shape index (κ3) is 3.93. The van der Waals surface area contributed by atoms with E-state index in [-0.39, 0.29) is 22.7 Å². The maximum Gasteiger partial charge on any atom is 0.262 e. The Morgan fingerprint density at radius 3 is 2.89 bits per heavy atom. The molecule has 1 aromatic carbocycles. The first-order chi connectivity index (χ1) is 8.44. The zero-order valence-electron chi connectivity index (χ0n) is 9.43. The zero-order chi connectivity index (χ0) is 13.2. The largest absolute Gasteiger partial charge is 0.432 e. The van der Waals surface area contributed by atoms with Crippen molar-refractivity contribution in [3.05, 3.63) is 28.7 Å². The Hall–Kier alpha value is -0.660. The van der Waals surface area contributed by atoms with E-state index in [2.05, 4.69) is 21.2 Å². The number of benzene rings is 1. The molecule has 1 N–H and O–H groups in total. The minimum atomic E-state index is -2.91. The van der Waals surface area contributed by atoms with E-state index in [0.717, 1.165) is 4.47 Å². The molecule has 0 aliphatic carbocycles. The maximum atomic E-state index is 11.3. The second kappa shape index (κ2) is 5.54. The Morgan fingerprint density at radius 2 is 2.28 bits per heavy atom. The van der Waals surface area contributed by atoms with Crippen LogP contribution in [0.25, 0.3) is 0 Å². The predicted octanol–water partition coefficient (Wildman–Crippen LogP) is 1.89. The molecule has 1 heterocycles. The van der Waals surface area contributed by atoms with Crippen LogP contribution in [-0.2, 0) is 9.84 Å². The van der Waals surface area contributed by atoms with Gasteiger partial charge in [-0.15, -0.1) is 0 Å². The van der Waals surface area contributed by atoms with Gasteiger partial charge in [0.1, 0.15) is 5.75 Å². The number of halogens is 1. The first-order valence-electron chi connectivity index (χ1n) is 5.39. The van der Waals surface area contributed by atoms with Gasteiger partial charge in [-0.3, -0.25) is 0 Å². The van der Waals surface area contributed by atoms with Gasteiger partial charge in [0, 0.05) is 10.5 Å². The van der Waals surface area contributed by atoms with Crippen LogP contribution in [0.5, 0.6) is 5.75 Å². The third-order valence-corrected chi connectivity index (χ3v) is 5.02. The highest BCUT2D eigenvalue weighted by molar-refractivity contribution is 9.10. The van der Waals surface area contributed by atoms with Crippen molar-refractivity contribution in [2.75, 3.05) is 11.5 Å². The molecule has 0 radical (unpaired) electrons. The highest BCUT2D eigenvalue weighted by Gasteiger charge is 2.28. The molecule has 2 rings (SSSR count). The van der Waals surface area contributed by atoms with Gasteiger partial charge in [-0.25, -0.2) is 8.42 Å². The van der Waals surface area contributed by atoms with Crippen molar-refractivity contribution >= 4 is 43.2 Å². The SMILES string of the molecule is O=S1(=O)CCC(NC(=S)Oc2cccc(Br)c2)C1. The lowest BCUT2D eigenvalue weighted by Crippen LogP contribution is -2.37. The molecule has 98 valence electrons. The molecule has 1 atom stereocenters. The Balaban J connectivity index is 1.90. The standard InChI is InChI=1S/C11H12BrNO3S2/c12-8-2-1-3-10(6-8)16-11(17)13-9-4-5-18(14,15)7-9/h1-3,6,9H,4-5,7H2,(H,13,17). The number of rotatable bonds is 2. The zero-order valence-corrected chi connectivity index (χ0v) is 12.6. The summed E-state index contributed by atoms with van der Waals surface area (Å²) in [6.07, 6.45) is 0.574. The minimum Gasteiger partial charge on any atom is -0.432 e. The molecular weight excluding hydrogens is 338 g/mol. The summed E-state index contributed by atoms with van der Waals surface area (Å²) >= 11 is 8.38. The molecule has 1 fully saturated rings. The van der Waals surface area contributed by atoms with E-state index in [9.17, 15) is 8.42 Å². The van der Waals surface area contributed by atoms with Crippen LogP contribution in [0.3, 0.4) is 0 Å². The summed E-state index contributed by atoms with van der Waals surface area (Å²) in [7, 11) is -2.91. The Labute approximate surface area is 120 Å². The number of ether oxygens (including phenoxy) is 1. The van der Waals surface area contributed by atoms with E-state index in [4.69, 9.17) is 17.0 Å². The molecule has 1 aliphatic heterocycles. The van der Waals surface area contributed by atoms with Crippen LogP contribution in [0.4, 0.5) is 0 Å². The van der Waals surface area contributed by atoms with Gasteiger partial charge in [-0.2, -0.15) is 0 Å². The van der Waals surface area contributed by atoms with Gasteiger partial charge in [0.15, 0.2) is 9.84 Å². The number of hydrogen-bond acceptors (Lipinski definition) is 4. The summed E-state index contributed by atoms with van der Waals surface area (Å²) in [6, 6.07) is 7.15. The van der Waals surface area contributed by atoms with Gasteiger partial charge >= 0.3 is 0 Å². The molecule has 0 spiro atoms. The van der Waals surface area contributed by atoms with E-state index in [0.29, 0.717) is 12.2 Å². The molecule has 0 bridgehead atoms. The van der Waals surface area contributed by atoms with Crippen LogP contribution in [0.2, 0.25) is 0 Å². The summed E-state index contributed by atoms with van der Waals surface area (Å²) in [5.74, 6) is 0.946. The quantitative estimate of drug-likeness (QED) is 0.826. The predicted molar refractivity (Wildman–Crippen MR) is 77.6 cm³/mol. The van der Waals surface area contributed by atoms with Crippen molar-refractivity contribution in [3.8, 4) is 5.75 Å². The smallest absolute Gasteiger partial charge is 0.262 e. The first-order valence-corrected chi connectivity index (χ1v) is 8.41. The maximum absolute atomic E-state index is 11.3. The first kappa shape index (κ1) is 13.8. The van der Waals surface area contributed by atoms with Crippen LogP contribution in [0.1, 0.15) is 6.42 Å². The van der Waals surface area contributed by atoms with Gasteiger partial charge in [-0.1, -0.05) is 22.0 Å². The fourth-order valence-electron chi connectivity index (χ4n) is 1.74. The summed E-state index contributed by atoms with van der Waals surface area (Å²) in [5.41, 5.74) is 0. The van der Waals surface area contributed by atoms with Gasteiger partial charge in [0.25, 0.3) is 5.17 Å². The van der Waals surface area contributed by atoms with E-state index in [1.165, 1.54) is 0 Å². The third-order valence-electron chi connectivity index (χ3n) is 2.56. The molecule has 1 unspecified atom stereocenters. The molecule has 1 saturated heterocycles. The fourth-order valence-corrected chi connectivity index (χ4v) is 4.06. The molecule has 4 nitrogen and oxygen atoms in total. The van der Waals surface area contributed by atoms with E-state index in [1.54, 1.807) is 12.1 Å². The summed E-state index contributed by atoms with van der Waals surface area (Å²) in [5, 5.41) is 3.12. The lowest BCUT2D eigenvalue weighted by atomic mass is 10.3. The Morgan fingerprint density at radius 1 is 1.50 bits per heavy atom. The van der Waals surface area contributed by atoms with Crippen molar-refractivity contribution < 1.29 is 13.2 Å². The van der Waals surface area contributed by atoms with Crippen LogP contribution < -0.4 is 10.1 Å². The van der Waals surface area contributed by atoms with Gasteiger partial charge < -0.3 is 10.1 Å². The molecular formula is C11H12BrNO3S2. The fraction of sp³-hybridized carbons (Fsp3) is 0.364. The van der Waals surface area contributed by atoms with E-state index >= 15 is 0 Å². The van der Waals surface area contributed by atoms with Gasteiger partial charge in [0.05, 0.1) is 11.5 Å². The highest BCUT2D eigenvalue weighted by atomic mass is 79.9. The molecule has 1 aliphatic rings. The normalized spacial score (nSPS) is 21.5. The number of thiocarbonyl (C=S) groups is 1. The second-order valence-electron chi connectivity index (χ2n) is 4.09. The van der Waals surface area contributed by atoms with Crippen LogP contribution >= 0.6 is 28.1 Å². The van der Waals surface area contributed by atoms with Crippen molar-refractivity contribution in [1.29, 1.82) is 0 Å². The van der Waals surface area contributed by atoms with Crippen LogP contribution in [-0.4, -0.2) is 31.1 Å². The Bertz CT molecular complexity index is 559.